The lowest BCUT2D eigenvalue weighted by atomic mass is 9.80. The normalized spacial score (nSPS) is 23.0. The van der Waals surface area contributed by atoms with Gasteiger partial charge in [0.25, 0.3) is 0 Å². The minimum absolute atomic E-state index is 0.103. The zero-order valence-corrected chi connectivity index (χ0v) is 12.5. The Hall–Kier alpha value is -1.19. The first-order valence-corrected chi connectivity index (χ1v) is 6.81. The Morgan fingerprint density at radius 2 is 2.21 bits per heavy atom. The lowest BCUT2D eigenvalue weighted by molar-refractivity contribution is 0.180. The molecule has 0 spiro atoms. The van der Waals surface area contributed by atoms with Gasteiger partial charge in [0.2, 0.25) is 0 Å². The summed E-state index contributed by atoms with van der Waals surface area (Å²) >= 11 is 0. The second-order valence-corrected chi connectivity index (χ2v) is 6.07. The van der Waals surface area contributed by atoms with Crippen molar-refractivity contribution in [1.82, 2.24) is 9.88 Å². The van der Waals surface area contributed by atoms with E-state index in [9.17, 15) is 0 Å². The van der Waals surface area contributed by atoms with Crippen molar-refractivity contribution in [3.63, 3.8) is 0 Å². The molecule has 3 nitrogen and oxygen atoms in total. The molecule has 1 aromatic heterocycles. The third-order valence-corrected chi connectivity index (χ3v) is 3.75. The number of ether oxygens (including phenoxy) is 1. The maximum atomic E-state index is 5.59. The topological polar surface area (TPSA) is 25.4 Å². The third-order valence-electron chi connectivity index (χ3n) is 3.75. The van der Waals surface area contributed by atoms with Crippen LogP contribution in [0.3, 0.4) is 0 Å². The van der Waals surface area contributed by atoms with Crippen molar-refractivity contribution in [3.8, 4) is 0 Å². The standard InChI is InChI=1S/C16H24N2O/c1-12(2)14-7-6-13(15(17-14)10-18(4)5)16(3)8-9-19-11-16/h6-7H,1,8-11H2,2-5H3. The van der Waals surface area contributed by atoms with Crippen molar-refractivity contribution in [1.29, 1.82) is 0 Å². The van der Waals surface area contributed by atoms with E-state index in [0.29, 0.717) is 0 Å². The van der Waals surface area contributed by atoms with E-state index in [-0.39, 0.29) is 5.41 Å². The molecule has 0 radical (unpaired) electrons. The molecule has 104 valence electrons. The largest absolute Gasteiger partial charge is 0.380 e. The van der Waals surface area contributed by atoms with Gasteiger partial charge < -0.3 is 9.64 Å². The average molecular weight is 260 g/mol. The fourth-order valence-electron chi connectivity index (χ4n) is 2.59. The molecule has 0 amide bonds. The number of rotatable bonds is 4. The number of pyridine rings is 1. The summed E-state index contributed by atoms with van der Waals surface area (Å²) in [5.74, 6) is 0. The Morgan fingerprint density at radius 1 is 1.47 bits per heavy atom. The molecule has 1 unspecified atom stereocenters. The Kier molecular flexibility index (Phi) is 4.07. The van der Waals surface area contributed by atoms with E-state index in [0.717, 1.165) is 43.1 Å². The molecule has 1 aliphatic rings. The van der Waals surface area contributed by atoms with Gasteiger partial charge in [-0.3, -0.25) is 4.98 Å². The predicted molar refractivity (Wildman–Crippen MR) is 79.1 cm³/mol. The highest BCUT2D eigenvalue weighted by Crippen LogP contribution is 2.35. The highest BCUT2D eigenvalue weighted by Gasteiger charge is 2.34. The van der Waals surface area contributed by atoms with Gasteiger partial charge in [0.1, 0.15) is 0 Å². The van der Waals surface area contributed by atoms with Gasteiger partial charge in [0.05, 0.1) is 18.0 Å². The Bertz CT molecular complexity index is 474. The lowest BCUT2D eigenvalue weighted by Gasteiger charge is -2.26. The van der Waals surface area contributed by atoms with Crippen molar-refractivity contribution in [2.24, 2.45) is 0 Å². The summed E-state index contributed by atoms with van der Waals surface area (Å²) in [6.07, 6.45) is 1.07. The fraction of sp³-hybridized carbons (Fsp3) is 0.562. The van der Waals surface area contributed by atoms with Gasteiger partial charge in [0.15, 0.2) is 0 Å². The molecule has 1 atom stereocenters. The van der Waals surface area contributed by atoms with Crippen molar-refractivity contribution in [2.45, 2.75) is 32.2 Å². The lowest BCUT2D eigenvalue weighted by Crippen LogP contribution is -2.26. The van der Waals surface area contributed by atoms with Crippen molar-refractivity contribution >= 4 is 5.57 Å². The second kappa shape index (κ2) is 5.43. The molecule has 2 rings (SSSR count). The Morgan fingerprint density at radius 3 is 2.74 bits per heavy atom. The van der Waals surface area contributed by atoms with E-state index in [2.05, 4.69) is 44.6 Å². The summed E-state index contributed by atoms with van der Waals surface area (Å²) < 4.78 is 5.59. The summed E-state index contributed by atoms with van der Waals surface area (Å²) in [5, 5.41) is 0. The van der Waals surface area contributed by atoms with Crippen LogP contribution in [-0.4, -0.2) is 37.2 Å². The minimum atomic E-state index is 0.103. The van der Waals surface area contributed by atoms with Crippen LogP contribution in [0.2, 0.25) is 0 Å². The van der Waals surface area contributed by atoms with Gasteiger partial charge in [-0.2, -0.15) is 0 Å². The molecule has 0 bridgehead atoms. The van der Waals surface area contributed by atoms with Gasteiger partial charge in [-0.15, -0.1) is 0 Å². The smallest absolute Gasteiger partial charge is 0.0657 e. The predicted octanol–water partition coefficient (Wildman–Crippen LogP) is 2.85. The van der Waals surface area contributed by atoms with Crippen LogP contribution in [0, 0.1) is 0 Å². The molecule has 3 heteroatoms. The number of aromatic nitrogens is 1. The molecule has 1 fully saturated rings. The van der Waals surface area contributed by atoms with Crippen LogP contribution in [0.25, 0.3) is 5.57 Å². The second-order valence-electron chi connectivity index (χ2n) is 6.07. The van der Waals surface area contributed by atoms with Gasteiger partial charge in [-0.1, -0.05) is 19.6 Å². The molecule has 0 saturated carbocycles. The van der Waals surface area contributed by atoms with Crippen molar-refractivity contribution in [3.05, 3.63) is 35.7 Å². The van der Waals surface area contributed by atoms with Crippen molar-refractivity contribution in [2.75, 3.05) is 27.3 Å². The number of allylic oxidation sites excluding steroid dienone is 1. The maximum absolute atomic E-state index is 5.59. The Labute approximate surface area is 116 Å². The van der Waals surface area contributed by atoms with E-state index in [4.69, 9.17) is 9.72 Å². The summed E-state index contributed by atoms with van der Waals surface area (Å²) in [6, 6.07) is 4.30. The van der Waals surface area contributed by atoms with Crippen LogP contribution in [0.15, 0.2) is 18.7 Å². The molecule has 0 N–H and O–H groups in total. The van der Waals surface area contributed by atoms with E-state index in [1.165, 1.54) is 5.56 Å². The van der Waals surface area contributed by atoms with Gasteiger partial charge in [-0.05, 0) is 44.6 Å². The van der Waals surface area contributed by atoms with Crippen LogP contribution >= 0.6 is 0 Å². The van der Waals surface area contributed by atoms with Crippen molar-refractivity contribution < 1.29 is 4.74 Å². The van der Waals surface area contributed by atoms with Crippen LogP contribution in [0.4, 0.5) is 0 Å². The number of hydrogen-bond acceptors (Lipinski definition) is 3. The minimum Gasteiger partial charge on any atom is -0.380 e. The van der Waals surface area contributed by atoms with Crippen LogP contribution in [-0.2, 0) is 16.7 Å². The van der Waals surface area contributed by atoms with E-state index < -0.39 is 0 Å². The molecular formula is C16H24N2O. The van der Waals surface area contributed by atoms with E-state index >= 15 is 0 Å². The fourth-order valence-corrected chi connectivity index (χ4v) is 2.59. The highest BCUT2D eigenvalue weighted by atomic mass is 16.5. The maximum Gasteiger partial charge on any atom is 0.0657 e. The van der Waals surface area contributed by atoms with E-state index in [1.54, 1.807) is 0 Å². The molecule has 0 aliphatic carbocycles. The zero-order valence-electron chi connectivity index (χ0n) is 12.5. The molecule has 2 heterocycles. The molecule has 1 saturated heterocycles. The first kappa shape index (κ1) is 14.2. The molecule has 0 aromatic carbocycles. The summed E-state index contributed by atoms with van der Waals surface area (Å²) in [5.41, 5.74) is 4.58. The third kappa shape index (κ3) is 3.04. The van der Waals surface area contributed by atoms with Gasteiger partial charge >= 0.3 is 0 Å². The highest BCUT2D eigenvalue weighted by molar-refractivity contribution is 5.58. The zero-order chi connectivity index (χ0) is 14.0. The molecule has 19 heavy (non-hydrogen) atoms. The summed E-state index contributed by atoms with van der Waals surface area (Å²) in [4.78, 5) is 6.97. The van der Waals surface area contributed by atoms with Gasteiger partial charge in [-0.25, -0.2) is 0 Å². The SMILES string of the molecule is C=C(C)c1ccc(C2(C)CCOC2)c(CN(C)C)n1. The molecular weight excluding hydrogens is 236 g/mol. The summed E-state index contributed by atoms with van der Waals surface area (Å²) in [6.45, 7) is 10.8. The Balaban J connectivity index is 2.44. The van der Waals surface area contributed by atoms with Gasteiger partial charge in [0, 0.05) is 18.6 Å². The number of nitrogens with zero attached hydrogens (tertiary/aromatic N) is 2. The number of hydrogen-bond donors (Lipinski definition) is 0. The first-order valence-electron chi connectivity index (χ1n) is 6.81. The molecule has 1 aliphatic heterocycles. The monoisotopic (exact) mass is 260 g/mol. The van der Waals surface area contributed by atoms with E-state index in [1.807, 2.05) is 6.92 Å². The van der Waals surface area contributed by atoms with Crippen LogP contribution in [0.1, 0.15) is 37.2 Å². The van der Waals surface area contributed by atoms with Crippen LogP contribution in [0.5, 0.6) is 0 Å². The first-order chi connectivity index (χ1) is 8.92. The summed E-state index contributed by atoms with van der Waals surface area (Å²) in [7, 11) is 4.15. The molecule has 1 aromatic rings. The average Bonchev–Trinajstić information content (AvgIpc) is 2.76. The quantitative estimate of drug-likeness (QED) is 0.832. The van der Waals surface area contributed by atoms with Crippen LogP contribution < -0.4 is 0 Å².